The average Bonchev–Trinajstić information content (AvgIpc) is 3.61. The van der Waals surface area contributed by atoms with Crippen molar-refractivity contribution in [1.82, 2.24) is 14.8 Å². The summed E-state index contributed by atoms with van der Waals surface area (Å²) in [6.45, 7) is 11.1. The fraction of sp³-hybridized carbons (Fsp3) is 0.303. The molecule has 4 aromatic rings. The molecule has 8 nitrogen and oxygen atoms in total. The normalized spacial score (nSPS) is 16.4. The van der Waals surface area contributed by atoms with Crippen molar-refractivity contribution in [1.29, 1.82) is 0 Å². The summed E-state index contributed by atoms with van der Waals surface area (Å²) in [6.07, 6.45) is 1.60. The van der Waals surface area contributed by atoms with Gasteiger partial charge in [-0.2, -0.15) is 0 Å². The lowest BCUT2D eigenvalue weighted by atomic mass is 10.00. The van der Waals surface area contributed by atoms with Crippen LogP contribution in [-0.4, -0.2) is 63.4 Å². The van der Waals surface area contributed by atoms with Gasteiger partial charge in [0.25, 0.3) is 11.8 Å². The summed E-state index contributed by atoms with van der Waals surface area (Å²) in [5, 5.41) is 15.7. The van der Waals surface area contributed by atoms with Crippen LogP contribution >= 0.6 is 11.3 Å². The minimum Gasteiger partial charge on any atom is -0.508 e. The van der Waals surface area contributed by atoms with Gasteiger partial charge in [-0.1, -0.05) is 42.5 Å². The second-order valence-corrected chi connectivity index (χ2v) is 12.7. The van der Waals surface area contributed by atoms with Crippen LogP contribution in [0.2, 0.25) is 0 Å². The number of rotatable bonds is 6. The molecule has 216 valence electrons. The molecule has 0 bridgehead atoms. The van der Waals surface area contributed by atoms with Crippen LogP contribution in [0.1, 0.15) is 48.3 Å². The molecule has 9 heteroatoms. The first-order valence-electron chi connectivity index (χ1n) is 14.2. The summed E-state index contributed by atoms with van der Waals surface area (Å²) in [5.41, 5.74) is 5.14. The standard InChI is InChI=1S/C33H35N5O3S/c1-33(2,3)37-17-15-36(16-18-37)25-12-10-22(11-13-25)23-8-9-24-21-38(31(41)27(24)20-23)29(26-6-4-5-7-28(26)39)30(40)35-32-34-14-19-42-32/h4-14,19-20,29,39H,15-18,21H2,1-3H3,(H,34,35,40). The summed E-state index contributed by atoms with van der Waals surface area (Å²) in [5.74, 6) is -0.712. The molecule has 1 unspecified atom stereocenters. The number of para-hydroxylation sites is 1. The van der Waals surface area contributed by atoms with Crippen LogP contribution in [0.5, 0.6) is 5.75 Å². The van der Waals surface area contributed by atoms with Crippen LogP contribution in [0, 0.1) is 0 Å². The van der Waals surface area contributed by atoms with Gasteiger partial charge in [-0.05, 0) is 61.7 Å². The number of phenolic OH excluding ortho intramolecular Hbond substituents is 1. The number of hydrogen-bond acceptors (Lipinski definition) is 7. The van der Waals surface area contributed by atoms with Crippen LogP contribution in [-0.2, 0) is 11.3 Å². The summed E-state index contributed by atoms with van der Waals surface area (Å²) in [6, 6.07) is 20.0. The molecule has 0 saturated carbocycles. The Labute approximate surface area is 250 Å². The zero-order valence-electron chi connectivity index (χ0n) is 24.1. The highest BCUT2D eigenvalue weighted by molar-refractivity contribution is 7.13. The SMILES string of the molecule is CC(C)(C)N1CCN(c2ccc(-c3ccc4c(c3)C(=O)N(C(C(=O)Nc3nccs3)c3ccccc3O)C4)cc2)CC1. The number of hydrogen-bond donors (Lipinski definition) is 2. The molecular formula is C33H35N5O3S. The minimum atomic E-state index is -1.02. The number of anilines is 2. The fourth-order valence-electron chi connectivity index (χ4n) is 5.84. The van der Waals surface area contributed by atoms with E-state index in [1.54, 1.807) is 29.8 Å². The molecule has 1 aromatic heterocycles. The Balaban J connectivity index is 1.22. The highest BCUT2D eigenvalue weighted by Crippen LogP contribution is 2.37. The van der Waals surface area contributed by atoms with Gasteiger partial charge >= 0.3 is 0 Å². The van der Waals surface area contributed by atoms with Gasteiger partial charge in [0.05, 0.1) is 0 Å². The number of nitrogens with one attached hydrogen (secondary N) is 1. The number of aromatic hydroxyl groups is 1. The van der Waals surface area contributed by atoms with Gasteiger partial charge < -0.3 is 14.9 Å². The number of nitrogens with zero attached hydrogens (tertiary/aromatic N) is 4. The maximum atomic E-state index is 13.8. The quantitative estimate of drug-likeness (QED) is 0.301. The molecule has 3 heterocycles. The van der Waals surface area contributed by atoms with Gasteiger partial charge in [-0.25, -0.2) is 4.98 Å². The first-order valence-corrected chi connectivity index (χ1v) is 15.1. The van der Waals surface area contributed by atoms with Crippen molar-refractivity contribution in [3.63, 3.8) is 0 Å². The number of fused-ring (bicyclic) bond motifs is 1. The molecule has 2 aliphatic rings. The zero-order valence-corrected chi connectivity index (χ0v) is 24.9. The lowest BCUT2D eigenvalue weighted by molar-refractivity contribution is -0.120. The first-order chi connectivity index (χ1) is 20.2. The molecule has 1 atom stereocenters. The smallest absolute Gasteiger partial charge is 0.255 e. The number of carbonyl (C=O) groups excluding carboxylic acids is 2. The predicted molar refractivity (Wildman–Crippen MR) is 167 cm³/mol. The van der Waals surface area contributed by atoms with Crippen LogP contribution in [0.25, 0.3) is 11.1 Å². The Morgan fingerprint density at radius 2 is 1.69 bits per heavy atom. The number of thiazole rings is 1. The minimum absolute atomic E-state index is 0.0406. The van der Waals surface area contributed by atoms with Crippen molar-refractivity contribution >= 4 is 34.0 Å². The van der Waals surface area contributed by atoms with Crippen LogP contribution in [0.4, 0.5) is 10.8 Å². The number of piperazine rings is 1. The number of benzene rings is 3. The first kappa shape index (κ1) is 27.9. The van der Waals surface area contributed by atoms with E-state index in [4.69, 9.17) is 0 Å². The highest BCUT2D eigenvalue weighted by Gasteiger charge is 2.39. The van der Waals surface area contributed by atoms with E-state index >= 15 is 0 Å². The Morgan fingerprint density at radius 1 is 0.976 bits per heavy atom. The van der Waals surface area contributed by atoms with Crippen LogP contribution in [0.15, 0.2) is 78.3 Å². The summed E-state index contributed by atoms with van der Waals surface area (Å²) in [7, 11) is 0. The topological polar surface area (TPSA) is 89.0 Å². The maximum Gasteiger partial charge on any atom is 0.255 e. The zero-order chi connectivity index (χ0) is 29.4. The van der Waals surface area contributed by atoms with Crippen molar-refractivity contribution in [2.24, 2.45) is 0 Å². The lowest BCUT2D eigenvalue weighted by Crippen LogP contribution is -2.53. The monoisotopic (exact) mass is 581 g/mol. The third-order valence-electron chi connectivity index (χ3n) is 8.19. The number of carbonyl (C=O) groups is 2. The second-order valence-electron chi connectivity index (χ2n) is 11.8. The van der Waals surface area contributed by atoms with Gasteiger partial charge in [0, 0.05) is 66.7 Å². The molecule has 0 spiro atoms. The van der Waals surface area contributed by atoms with Gasteiger partial charge in [-0.3, -0.25) is 19.8 Å². The van der Waals surface area contributed by atoms with Crippen molar-refractivity contribution < 1.29 is 14.7 Å². The van der Waals surface area contributed by atoms with Crippen molar-refractivity contribution in [2.45, 2.75) is 38.9 Å². The van der Waals surface area contributed by atoms with Crippen molar-refractivity contribution in [3.8, 4) is 16.9 Å². The van der Waals surface area contributed by atoms with Crippen LogP contribution in [0.3, 0.4) is 0 Å². The molecule has 3 aromatic carbocycles. The van der Waals surface area contributed by atoms with E-state index < -0.39 is 11.9 Å². The van der Waals surface area contributed by atoms with E-state index in [2.05, 4.69) is 65.1 Å². The van der Waals surface area contributed by atoms with E-state index in [1.165, 1.54) is 28.0 Å². The van der Waals surface area contributed by atoms with Gasteiger partial charge in [0.15, 0.2) is 5.13 Å². The fourth-order valence-corrected chi connectivity index (χ4v) is 6.37. The average molecular weight is 582 g/mol. The van der Waals surface area contributed by atoms with Crippen molar-refractivity contribution in [3.05, 3.63) is 95.0 Å². The molecule has 2 aliphatic heterocycles. The third-order valence-corrected chi connectivity index (χ3v) is 8.88. The predicted octanol–water partition coefficient (Wildman–Crippen LogP) is 5.77. The number of amides is 2. The summed E-state index contributed by atoms with van der Waals surface area (Å²) < 4.78 is 0. The lowest BCUT2D eigenvalue weighted by Gasteiger charge is -2.43. The number of phenols is 1. The van der Waals surface area contributed by atoms with E-state index in [0.29, 0.717) is 16.3 Å². The second kappa shape index (κ2) is 11.2. The summed E-state index contributed by atoms with van der Waals surface area (Å²) >= 11 is 1.30. The van der Waals surface area contributed by atoms with Crippen LogP contribution < -0.4 is 10.2 Å². The van der Waals surface area contributed by atoms with E-state index in [-0.39, 0.29) is 23.7 Å². The van der Waals surface area contributed by atoms with E-state index in [0.717, 1.165) is 42.9 Å². The Bertz CT molecular complexity index is 1590. The van der Waals surface area contributed by atoms with E-state index in [9.17, 15) is 14.7 Å². The van der Waals surface area contributed by atoms with Gasteiger partial charge in [-0.15, -0.1) is 11.3 Å². The Kier molecular flexibility index (Phi) is 7.47. The molecule has 0 radical (unpaired) electrons. The number of aromatic nitrogens is 1. The van der Waals surface area contributed by atoms with Gasteiger partial charge in [0.1, 0.15) is 11.8 Å². The molecule has 6 rings (SSSR count). The molecule has 2 amide bonds. The largest absolute Gasteiger partial charge is 0.508 e. The Hall–Kier alpha value is -4.21. The molecule has 1 saturated heterocycles. The van der Waals surface area contributed by atoms with Crippen molar-refractivity contribution in [2.75, 3.05) is 36.4 Å². The molecule has 0 aliphatic carbocycles. The van der Waals surface area contributed by atoms with E-state index in [1.807, 2.05) is 18.2 Å². The third kappa shape index (κ3) is 5.49. The molecular weight excluding hydrogens is 546 g/mol. The summed E-state index contributed by atoms with van der Waals surface area (Å²) in [4.78, 5) is 37.9. The molecule has 1 fully saturated rings. The molecule has 2 N–H and O–H groups in total. The highest BCUT2D eigenvalue weighted by atomic mass is 32.1. The van der Waals surface area contributed by atoms with Gasteiger partial charge in [0.2, 0.25) is 0 Å². The maximum absolute atomic E-state index is 13.8. The Morgan fingerprint density at radius 3 is 2.36 bits per heavy atom. The molecule has 42 heavy (non-hydrogen) atoms.